The molecule has 10 N–H and O–H groups in total. The van der Waals surface area contributed by atoms with Crippen LogP contribution in [0.1, 0.15) is 23.2 Å². The summed E-state index contributed by atoms with van der Waals surface area (Å²) in [5.41, 5.74) is 10.2. The largest absolute Gasteiger partial charge is 0.481 e. The number of hydrogen-bond acceptors (Lipinski definition) is 8. The fourth-order valence-corrected chi connectivity index (χ4v) is 2.34. The SMILES string of the molecule is Nc1nc(NC(=O)Nc2ccc(C(=O)N[C@H](CCC(=O)O)C(=O)O)cc2)c(N)c(=O)[nH]1. The molecule has 0 aliphatic heterocycles. The number of nitrogens with one attached hydrogen (secondary N) is 4. The number of anilines is 4. The van der Waals surface area contributed by atoms with Crippen LogP contribution in [0.4, 0.5) is 27.9 Å². The van der Waals surface area contributed by atoms with Crippen molar-refractivity contribution in [2.24, 2.45) is 0 Å². The number of carbonyl (C=O) groups excluding carboxylic acids is 2. The van der Waals surface area contributed by atoms with Crippen molar-refractivity contribution in [3.63, 3.8) is 0 Å². The van der Waals surface area contributed by atoms with Crippen molar-refractivity contribution < 1.29 is 29.4 Å². The van der Waals surface area contributed by atoms with Gasteiger partial charge in [-0.3, -0.25) is 24.7 Å². The first-order valence-corrected chi connectivity index (χ1v) is 8.65. The molecular weight excluding hydrogens is 414 g/mol. The average Bonchev–Trinajstić information content (AvgIpc) is 2.68. The quantitative estimate of drug-likeness (QED) is 0.268. The number of hydrogen-bond donors (Lipinski definition) is 8. The van der Waals surface area contributed by atoms with Crippen molar-refractivity contribution in [1.82, 2.24) is 15.3 Å². The van der Waals surface area contributed by atoms with E-state index in [1.807, 2.05) is 0 Å². The van der Waals surface area contributed by atoms with E-state index in [0.29, 0.717) is 0 Å². The Balaban J connectivity index is 2.00. The molecule has 164 valence electrons. The van der Waals surface area contributed by atoms with Gasteiger partial charge in [-0.05, 0) is 30.7 Å². The molecule has 0 bridgehead atoms. The van der Waals surface area contributed by atoms with Crippen LogP contribution in [-0.2, 0) is 9.59 Å². The van der Waals surface area contributed by atoms with Gasteiger partial charge in [0.2, 0.25) is 5.95 Å². The maximum atomic E-state index is 12.2. The Labute approximate surface area is 173 Å². The number of carbonyl (C=O) groups is 4. The van der Waals surface area contributed by atoms with Crippen LogP contribution in [0.25, 0.3) is 0 Å². The number of carboxylic acids is 2. The smallest absolute Gasteiger partial charge is 0.326 e. The fourth-order valence-electron chi connectivity index (χ4n) is 2.34. The maximum absolute atomic E-state index is 12.2. The zero-order chi connectivity index (χ0) is 23.1. The summed E-state index contributed by atoms with van der Waals surface area (Å²) in [4.78, 5) is 63.4. The van der Waals surface area contributed by atoms with Crippen molar-refractivity contribution >= 4 is 47.0 Å². The van der Waals surface area contributed by atoms with E-state index in [-0.39, 0.29) is 35.1 Å². The first kappa shape index (κ1) is 22.7. The van der Waals surface area contributed by atoms with Gasteiger partial charge in [0.1, 0.15) is 11.7 Å². The predicted molar refractivity (Wildman–Crippen MR) is 109 cm³/mol. The Kier molecular flexibility index (Phi) is 7.11. The van der Waals surface area contributed by atoms with Crippen molar-refractivity contribution in [3.05, 3.63) is 40.2 Å². The van der Waals surface area contributed by atoms with E-state index < -0.39 is 41.9 Å². The van der Waals surface area contributed by atoms with Crippen molar-refractivity contribution in [2.75, 3.05) is 22.1 Å². The number of rotatable bonds is 8. The number of aromatic nitrogens is 2. The second-order valence-electron chi connectivity index (χ2n) is 6.17. The van der Waals surface area contributed by atoms with Crippen LogP contribution in [0.2, 0.25) is 0 Å². The highest BCUT2D eigenvalue weighted by Gasteiger charge is 2.21. The van der Waals surface area contributed by atoms with Gasteiger partial charge in [-0.25, -0.2) is 9.59 Å². The molecule has 0 saturated heterocycles. The van der Waals surface area contributed by atoms with Gasteiger partial charge >= 0.3 is 18.0 Å². The third kappa shape index (κ3) is 6.45. The maximum Gasteiger partial charge on any atom is 0.326 e. The summed E-state index contributed by atoms with van der Waals surface area (Å²) < 4.78 is 0. The van der Waals surface area contributed by atoms with E-state index in [0.717, 1.165) is 0 Å². The van der Waals surface area contributed by atoms with E-state index in [4.69, 9.17) is 21.7 Å². The summed E-state index contributed by atoms with van der Waals surface area (Å²) in [6, 6.07) is 3.21. The number of nitrogens with zero attached hydrogens (tertiary/aromatic N) is 1. The summed E-state index contributed by atoms with van der Waals surface area (Å²) in [5, 5.41) is 24.7. The molecule has 0 radical (unpaired) electrons. The van der Waals surface area contributed by atoms with Crippen molar-refractivity contribution in [3.8, 4) is 0 Å². The number of urea groups is 1. The molecular formula is C17H19N7O7. The molecule has 0 spiro atoms. The van der Waals surface area contributed by atoms with Crippen LogP contribution in [0.3, 0.4) is 0 Å². The number of nitrogens with two attached hydrogens (primary N) is 2. The van der Waals surface area contributed by atoms with E-state index in [1.165, 1.54) is 24.3 Å². The van der Waals surface area contributed by atoms with Crippen LogP contribution in [0.5, 0.6) is 0 Å². The monoisotopic (exact) mass is 433 g/mol. The minimum Gasteiger partial charge on any atom is -0.481 e. The van der Waals surface area contributed by atoms with Gasteiger partial charge in [-0.2, -0.15) is 4.98 Å². The molecule has 3 amide bonds. The molecule has 0 fully saturated rings. The van der Waals surface area contributed by atoms with Crippen LogP contribution >= 0.6 is 0 Å². The van der Waals surface area contributed by atoms with E-state index >= 15 is 0 Å². The highest BCUT2D eigenvalue weighted by atomic mass is 16.4. The standard InChI is InChI=1S/C17H19N7O7/c18-11-12(22-16(19)24-14(11)28)23-17(31)20-8-3-1-7(2-4-8)13(27)21-9(15(29)30)5-6-10(25)26/h1-4,9H,5-6,18H2,(H,21,27)(H,25,26)(H,29,30)(H5,19,20,22,23,24,28,31)/t9-/m1/s1. The molecule has 14 heteroatoms. The molecule has 0 aliphatic rings. The minimum atomic E-state index is -1.37. The van der Waals surface area contributed by atoms with Crippen molar-refractivity contribution in [2.45, 2.75) is 18.9 Å². The van der Waals surface area contributed by atoms with Gasteiger partial charge in [-0.15, -0.1) is 0 Å². The number of aliphatic carboxylic acids is 2. The molecule has 1 aromatic carbocycles. The second-order valence-corrected chi connectivity index (χ2v) is 6.17. The van der Waals surface area contributed by atoms with Gasteiger partial charge in [0.05, 0.1) is 0 Å². The zero-order valence-corrected chi connectivity index (χ0v) is 15.8. The minimum absolute atomic E-state index is 0.0841. The van der Waals surface area contributed by atoms with Gasteiger partial charge in [-0.1, -0.05) is 0 Å². The van der Waals surface area contributed by atoms with E-state index in [2.05, 4.69) is 25.9 Å². The lowest BCUT2D eigenvalue weighted by Gasteiger charge is -2.14. The summed E-state index contributed by atoms with van der Waals surface area (Å²) in [7, 11) is 0. The van der Waals surface area contributed by atoms with E-state index in [1.54, 1.807) is 0 Å². The summed E-state index contributed by atoms with van der Waals surface area (Å²) in [6.07, 6.45) is -0.701. The van der Waals surface area contributed by atoms with Crippen LogP contribution in [0.15, 0.2) is 29.1 Å². The number of H-pyrrole nitrogens is 1. The third-order valence-corrected chi connectivity index (χ3v) is 3.86. The molecule has 0 unspecified atom stereocenters. The Morgan fingerprint density at radius 2 is 1.71 bits per heavy atom. The number of carboxylic acid groups (broad SMARTS) is 2. The molecule has 0 saturated carbocycles. The second kappa shape index (κ2) is 9.73. The zero-order valence-electron chi connectivity index (χ0n) is 15.8. The molecule has 1 aromatic heterocycles. The normalized spacial score (nSPS) is 11.2. The third-order valence-electron chi connectivity index (χ3n) is 3.86. The Hall–Kier alpha value is -4.62. The first-order chi connectivity index (χ1) is 14.6. The van der Waals surface area contributed by atoms with Crippen molar-refractivity contribution in [1.29, 1.82) is 0 Å². The molecule has 0 aliphatic carbocycles. The number of amides is 3. The topological polar surface area (TPSA) is 243 Å². The lowest BCUT2D eigenvalue weighted by Crippen LogP contribution is -2.41. The Bertz CT molecular complexity index is 1070. The molecule has 2 rings (SSSR count). The fraction of sp³-hybridized carbons (Fsp3) is 0.176. The lowest BCUT2D eigenvalue weighted by atomic mass is 10.1. The molecule has 1 atom stereocenters. The first-order valence-electron chi connectivity index (χ1n) is 8.65. The van der Waals surface area contributed by atoms with Gasteiger partial charge in [0, 0.05) is 17.7 Å². The van der Waals surface area contributed by atoms with Gasteiger partial charge in [0.15, 0.2) is 5.82 Å². The van der Waals surface area contributed by atoms with Gasteiger partial charge < -0.3 is 32.3 Å². The molecule has 14 nitrogen and oxygen atoms in total. The Morgan fingerprint density at radius 1 is 1.06 bits per heavy atom. The van der Waals surface area contributed by atoms with Crippen LogP contribution in [0, 0.1) is 0 Å². The average molecular weight is 433 g/mol. The summed E-state index contributed by atoms with van der Waals surface area (Å²) in [6.45, 7) is 0. The number of aromatic amines is 1. The van der Waals surface area contributed by atoms with Gasteiger partial charge in [0.25, 0.3) is 11.5 Å². The molecule has 1 heterocycles. The molecule has 31 heavy (non-hydrogen) atoms. The van der Waals surface area contributed by atoms with Crippen LogP contribution in [-0.4, -0.2) is 50.1 Å². The lowest BCUT2D eigenvalue weighted by molar-refractivity contribution is -0.140. The predicted octanol–water partition coefficient (Wildman–Crippen LogP) is -0.374. The number of benzene rings is 1. The number of nitrogen functional groups attached to an aromatic ring is 2. The highest BCUT2D eigenvalue weighted by molar-refractivity contribution is 6.01. The molecule has 2 aromatic rings. The highest BCUT2D eigenvalue weighted by Crippen LogP contribution is 2.13. The summed E-state index contributed by atoms with van der Waals surface area (Å²) >= 11 is 0. The van der Waals surface area contributed by atoms with Crippen LogP contribution < -0.4 is 33.0 Å². The van der Waals surface area contributed by atoms with E-state index in [9.17, 15) is 24.0 Å². The Morgan fingerprint density at radius 3 is 2.29 bits per heavy atom. The summed E-state index contributed by atoms with van der Waals surface area (Å²) in [5.74, 6) is -3.76.